The normalized spacial score (nSPS) is 17.8. The quantitative estimate of drug-likeness (QED) is 0.395. The molecule has 1 aromatic carbocycles. The number of methoxy groups -OCH3 is 1. The summed E-state index contributed by atoms with van der Waals surface area (Å²) in [6, 6.07) is 13.4. The Morgan fingerprint density at radius 2 is 1.91 bits per heavy atom. The minimum Gasteiger partial charge on any atom is -0.469 e. The van der Waals surface area contributed by atoms with Crippen molar-refractivity contribution in [2.24, 2.45) is 5.92 Å². The highest BCUT2D eigenvalue weighted by Gasteiger charge is 2.31. The van der Waals surface area contributed by atoms with Crippen LogP contribution in [0.1, 0.15) is 30.5 Å². The number of nitrogens with zero attached hydrogens (tertiary/aromatic N) is 3. The predicted molar refractivity (Wildman–Crippen MR) is 125 cm³/mol. The lowest BCUT2D eigenvalue weighted by molar-refractivity contribution is -0.146. The van der Waals surface area contributed by atoms with E-state index in [4.69, 9.17) is 9.47 Å². The van der Waals surface area contributed by atoms with Crippen LogP contribution in [0.2, 0.25) is 0 Å². The first-order chi connectivity index (χ1) is 16.4. The van der Waals surface area contributed by atoms with E-state index in [-0.39, 0.29) is 28.3 Å². The van der Waals surface area contributed by atoms with Gasteiger partial charge in [0.2, 0.25) is 0 Å². The molecule has 5 rings (SSSR count). The van der Waals surface area contributed by atoms with E-state index in [1.165, 1.54) is 19.5 Å². The summed E-state index contributed by atoms with van der Waals surface area (Å²) in [6.07, 6.45) is 5.86. The highest BCUT2D eigenvalue weighted by molar-refractivity contribution is 7.90. The molecule has 1 aliphatic rings. The monoisotopic (exact) mass is 477 g/mol. The van der Waals surface area contributed by atoms with Crippen molar-refractivity contribution in [3.05, 3.63) is 78.4 Å². The van der Waals surface area contributed by atoms with Gasteiger partial charge in [-0.15, -0.1) is 0 Å². The summed E-state index contributed by atoms with van der Waals surface area (Å²) in [7, 11) is -2.40. The van der Waals surface area contributed by atoms with Gasteiger partial charge in [0.15, 0.2) is 5.65 Å². The third-order valence-corrected chi connectivity index (χ3v) is 7.80. The third kappa shape index (κ3) is 3.81. The summed E-state index contributed by atoms with van der Waals surface area (Å²) < 4.78 is 38.4. The number of rotatable bonds is 5. The average molecular weight is 478 g/mol. The number of hydrogen-bond donors (Lipinski definition) is 0. The van der Waals surface area contributed by atoms with Gasteiger partial charge in [0.1, 0.15) is 11.5 Å². The number of fused-ring (bicyclic) bond motifs is 2. The van der Waals surface area contributed by atoms with Crippen LogP contribution in [0.25, 0.3) is 11.0 Å². The van der Waals surface area contributed by atoms with Gasteiger partial charge in [0, 0.05) is 18.1 Å². The topological polar surface area (TPSA) is 100 Å². The van der Waals surface area contributed by atoms with Crippen LogP contribution in [0.3, 0.4) is 0 Å². The summed E-state index contributed by atoms with van der Waals surface area (Å²) >= 11 is 0. The maximum absolute atomic E-state index is 13.1. The molecule has 8 nitrogen and oxygen atoms in total. The zero-order valence-corrected chi connectivity index (χ0v) is 19.5. The Labute approximate surface area is 197 Å². The molecule has 34 heavy (non-hydrogen) atoms. The summed E-state index contributed by atoms with van der Waals surface area (Å²) in [6.45, 7) is 2.05. The fourth-order valence-electron chi connectivity index (χ4n) is 4.50. The van der Waals surface area contributed by atoms with Crippen LogP contribution in [0.15, 0.2) is 72.0 Å². The Morgan fingerprint density at radius 1 is 1.12 bits per heavy atom. The Morgan fingerprint density at radius 3 is 2.68 bits per heavy atom. The van der Waals surface area contributed by atoms with E-state index in [2.05, 4.69) is 9.97 Å². The Hall–Kier alpha value is -3.72. The second kappa shape index (κ2) is 8.57. The van der Waals surface area contributed by atoms with E-state index in [1.54, 1.807) is 48.7 Å². The molecule has 0 N–H and O–H groups in total. The summed E-state index contributed by atoms with van der Waals surface area (Å²) in [5.41, 5.74) is 2.17. The van der Waals surface area contributed by atoms with Crippen molar-refractivity contribution in [3.63, 3.8) is 0 Å². The number of hydrogen-bond acceptors (Lipinski definition) is 7. The molecule has 0 fully saturated rings. The summed E-state index contributed by atoms with van der Waals surface area (Å²) in [4.78, 5) is 21.2. The fourth-order valence-corrected chi connectivity index (χ4v) is 5.82. The Balaban J connectivity index is 1.49. The van der Waals surface area contributed by atoms with Crippen LogP contribution in [0, 0.1) is 5.92 Å². The number of carbonyl (C=O) groups excluding carboxylic acids is 1. The minimum absolute atomic E-state index is 0.131. The van der Waals surface area contributed by atoms with Crippen molar-refractivity contribution >= 4 is 27.0 Å². The first-order valence-corrected chi connectivity index (χ1v) is 12.3. The third-order valence-electron chi connectivity index (χ3n) is 6.12. The zero-order chi connectivity index (χ0) is 23.9. The van der Waals surface area contributed by atoms with E-state index in [1.807, 2.05) is 13.0 Å². The van der Waals surface area contributed by atoms with Gasteiger partial charge in [-0.05, 0) is 54.7 Å². The van der Waals surface area contributed by atoms with Crippen molar-refractivity contribution in [1.29, 1.82) is 0 Å². The Kier molecular flexibility index (Phi) is 5.57. The summed E-state index contributed by atoms with van der Waals surface area (Å²) in [5.74, 6) is 0.659. The standard InChI is InChI=1S/C25H23N3O5S/c1-16-12-18(25(29)32-2)13-17-14-19(15-27-23(16)17)33-22-8-10-26-24-21(22)9-11-28(24)34(30,31)20-6-4-3-5-7-20/h3-11,14-16,18H,12-13H2,1-2H3. The molecule has 174 valence electrons. The molecule has 3 aromatic heterocycles. The largest absolute Gasteiger partial charge is 0.469 e. The fraction of sp³-hybridized carbons (Fsp3) is 0.240. The second-order valence-electron chi connectivity index (χ2n) is 8.35. The lowest BCUT2D eigenvalue weighted by atomic mass is 9.80. The van der Waals surface area contributed by atoms with Crippen molar-refractivity contribution in [1.82, 2.24) is 13.9 Å². The van der Waals surface area contributed by atoms with Gasteiger partial charge >= 0.3 is 5.97 Å². The molecular formula is C25H23N3O5S. The molecule has 3 heterocycles. The maximum Gasteiger partial charge on any atom is 0.309 e. The highest BCUT2D eigenvalue weighted by Crippen LogP contribution is 2.37. The van der Waals surface area contributed by atoms with Crippen molar-refractivity contribution in [2.75, 3.05) is 7.11 Å². The molecule has 0 saturated heterocycles. The number of aromatic nitrogens is 3. The van der Waals surface area contributed by atoms with Crippen molar-refractivity contribution in [3.8, 4) is 11.5 Å². The molecule has 0 bridgehead atoms. The number of pyridine rings is 2. The van der Waals surface area contributed by atoms with Gasteiger partial charge in [0.25, 0.3) is 10.0 Å². The van der Waals surface area contributed by atoms with Crippen LogP contribution in [0.4, 0.5) is 0 Å². The molecule has 2 unspecified atom stereocenters. The molecule has 0 saturated carbocycles. The lowest BCUT2D eigenvalue weighted by Crippen LogP contribution is -2.26. The number of carbonyl (C=O) groups is 1. The van der Waals surface area contributed by atoms with E-state index in [0.717, 1.165) is 15.2 Å². The number of esters is 1. The van der Waals surface area contributed by atoms with Crippen molar-refractivity contribution in [2.45, 2.75) is 30.6 Å². The first kappa shape index (κ1) is 22.1. The average Bonchev–Trinajstić information content (AvgIpc) is 3.30. The van der Waals surface area contributed by atoms with E-state index in [9.17, 15) is 13.2 Å². The molecule has 0 radical (unpaired) electrons. The van der Waals surface area contributed by atoms with E-state index in [0.29, 0.717) is 29.7 Å². The number of ether oxygens (including phenoxy) is 2. The molecule has 0 aliphatic heterocycles. The van der Waals surface area contributed by atoms with Crippen LogP contribution in [0.5, 0.6) is 11.5 Å². The van der Waals surface area contributed by atoms with E-state index < -0.39 is 10.0 Å². The molecule has 0 spiro atoms. The molecule has 2 atom stereocenters. The minimum atomic E-state index is -3.80. The van der Waals surface area contributed by atoms with Crippen molar-refractivity contribution < 1.29 is 22.7 Å². The van der Waals surface area contributed by atoms with Gasteiger partial charge in [-0.25, -0.2) is 17.4 Å². The number of benzene rings is 1. The lowest BCUT2D eigenvalue weighted by Gasteiger charge is -2.27. The van der Waals surface area contributed by atoms with Crippen LogP contribution in [-0.4, -0.2) is 35.4 Å². The molecule has 0 amide bonds. The first-order valence-electron chi connectivity index (χ1n) is 10.9. The molecule has 4 aromatic rings. The van der Waals surface area contributed by atoms with Crippen LogP contribution in [-0.2, 0) is 26.0 Å². The van der Waals surface area contributed by atoms with Gasteiger partial charge in [0.05, 0.1) is 29.5 Å². The second-order valence-corrected chi connectivity index (χ2v) is 10.2. The highest BCUT2D eigenvalue weighted by atomic mass is 32.2. The van der Waals surface area contributed by atoms with E-state index >= 15 is 0 Å². The van der Waals surface area contributed by atoms with Gasteiger partial charge in [-0.3, -0.25) is 9.78 Å². The summed E-state index contributed by atoms with van der Waals surface area (Å²) in [5, 5.41) is 0.556. The maximum atomic E-state index is 13.1. The SMILES string of the molecule is COC(=O)C1Cc2cc(Oc3ccnc4c3ccn4S(=O)(=O)c3ccccc3)cnc2C(C)C1. The van der Waals surface area contributed by atoms with Gasteiger partial charge < -0.3 is 9.47 Å². The smallest absolute Gasteiger partial charge is 0.309 e. The van der Waals surface area contributed by atoms with Gasteiger partial charge in [-0.2, -0.15) is 0 Å². The van der Waals surface area contributed by atoms with Gasteiger partial charge in [-0.1, -0.05) is 25.1 Å². The van der Waals surface area contributed by atoms with Crippen LogP contribution < -0.4 is 4.74 Å². The molecular weight excluding hydrogens is 454 g/mol. The Bertz CT molecular complexity index is 1480. The van der Waals surface area contributed by atoms with Crippen LogP contribution >= 0.6 is 0 Å². The molecule has 9 heteroatoms. The predicted octanol–water partition coefficient (Wildman–Crippen LogP) is 4.30. The zero-order valence-electron chi connectivity index (χ0n) is 18.7. The molecule has 1 aliphatic carbocycles.